The molecule has 1 rings (SSSR count). The average Bonchev–Trinajstić information content (AvgIpc) is 2.72. The molecule has 1 aliphatic heterocycles. The quantitative estimate of drug-likeness (QED) is 0.667. The van der Waals surface area contributed by atoms with Gasteiger partial charge in [-0.05, 0) is 32.4 Å². The summed E-state index contributed by atoms with van der Waals surface area (Å²) < 4.78 is 16.8. The van der Waals surface area contributed by atoms with Crippen molar-refractivity contribution in [3.05, 3.63) is 0 Å². The Kier molecular flexibility index (Phi) is 5.40. The van der Waals surface area contributed by atoms with Gasteiger partial charge in [0.1, 0.15) is 0 Å². The third-order valence-electron chi connectivity index (χ3n) is 3.74. The monoisotopic (exact) mass is 247 g/mol. The molecule has 2 unspecified atom stereocenters. The highest BCUT2D eigenvalue weighted by Gasteiger charge is 2.50. The fraction of sp³-hybridized carbons (Fsp3) is 1.00. The van der Waals surface area contributed by atoms with E-state index < -0.39 is 8.80 Å². The van der Waals surface area contributed by atoms with Crippen molar-refractivity contribution < 1.29 is 13.3 Å². The maximum Gasteiger partial charge on any atom is 0.503 e. The van der Waals surface area contributed by atoms with Gasteiger partial charge in [0, 0.05) is 33.4 Å². The van der Waals surface area contributed by atoms with Crippen molar-refractivity contribution in [3.8, 4) is 0 Å². The standard InChI is InChI=1S/C11H25NO3Si/c1-6-11(10-7-8-12(2)9-10)16(13-3,14-4)15-5/h10-11H,6-9H2,1-5H3. The molecule has 1 heterocycles. The van der Waals surface area contributed by atoms with E-state index in [-0.39, 0.29) is 0 Å². The Balaban J connectivity index is 2.78. The molecular weight excluding hydrogens is 222 g/mol. The summed E-state index contributed by atoms with van der Waals surface area (Å²) in [5.41, 5.74) is 0.414. The third kappa shape index (κ3) is 2.65. The summed E-state index contributed by atoms with van der Waals surface area (Å²) in [6.07, 6.45) is 2.28. The molecule has 0 amide bonds. The SMILES string of the molecule is CCC(C1CCN(C)C1)[Si](OC)(OC)OC. The van der Waals surface area contributed by atoms with Crippen molar-refractivity contribution >= 4 is 8.80 Å². The van der Waals surface area contributed by atoms with E-state index in [2.05, 4.69) is 18.9 Å². The van der Waals surface area contributed by atoms with Gasteiger partial charge < -0.3 is 18.2 Å². The van der Waals surface area contributed by atoms with E-state index in [1.165, 1.54) is 13.0 Å². The first-order chi connectivity index (χ1) is 7.63. The first kappa shape index (κ1) is 14.1. The molecule has 0 radical (unpaired) electrons. The second-order valence-corrected chi connectivity index (χ2v) is 7.72. The van der Waals surface area contributed by atoms with E-state index in [4.69, 9.17) is 13.3 Å². The van der Waals surface area contributed by atoms with Crippen molar-refractivity contribution in [2.75, 3.05) is 41.5 Å². The summed E-state index contributed by atoms with van der Waals surface area (Å²) in [5, 5.41) is 0. The largest absolute Gasteiger partial charge is 0.503 e. The van der Waals surface area contributed by atoms with Crippen LogP contribution in [0.2, 0.25) is 5.54 Å². The summed E-state index contributed by atoms with van der Waals surface area (Å²) in [5.74, 6) is 0.640. The van der Waals surface area contributed by atoms with Crippen molar-refractivity contribution in [3.63, 3.8) is 0 Å². The van der Waals surface area contributed by atoms with Crippen LogP contribution in [0, 0.1) is 5.92 Å². The Morgan fingerprint density at radius 2 is 1.81 bits per heavy atom. The number of likely N-dealkylation sites (tertiary alicyclic amines) is 1. The molecule has 1 fully saturated rings. The fourth-order valence-corrected chi connectivity index (χ4v) is 5.63. The third-order valence-corrected chi connectivity index (χ3v) is 7.24. The maximum atomic E-state index is 5.61. The van der Waals surface area contributed by atoms with Crippen LogP contribution in [0.15, 0.2) is 0 Å². The molecule has 0 saturated carbocycles. The van der Waals surface area contributed by atoms with Crippen molar-refractivity contribution in [2.24, 2.45) is 5.92 Å². The first-order valence-corrected chi connectivity index (χ1v) is 7.77. The van der Waals surface area contributed by atoms with Crippen molar-refractivity contribution in [1.82, 2.24) is 4.90 Å². The summed E-state index contributed by atoms with van der Waals surface area (Å²) in [6.45, 7) is 4.49. The van der Waals surface area contributed by atoms with Gasteiger partial charge in [0.05, 0.1) is 0 Å². The lowest BCUT2D eigenvalue weighted by atomic mass is 10.0. The van der Waals surface area contributed by atoms with Crippen LogP contribution >= 0.6 is 0 Å². The van der Waals surface area contributed by atoms with Crippen molar-refractivity contribution in [1.29, 1.82) is 0 Å². The van der Waals surface area contributed by atoms with Crippen molar-refractivity contribution in [2.45, 2.75) is 25.3 Å². The van der Waals surface area contributed by atoms with Gasteiger partial charge in [-0.2, -0.15) is 0 Å². The molecule has 0 N–H and O–H groups in total. The molecule has 2 atom stereocenters. The topological polar surface area (TPSA) is 30.9 Å². The summed E-state index contributed by atoms with van der Waals surface area (Å²) in [4.78, 5) is 2.37. The second-order valence-electron chi connectivity index (χ2n) is 4.54. The van der Waals surface area contributed by atoms with E-state index in [0.29, 0.717) is 11.5 Å². The van der Waals surface area contributed by atoms with Gasteiger partial charge >= 0.3 is 8.80 Å². The number of hydrogen-bond donors (Lipinski definition) is 0. The van der Waals surface area contributed by atoms with Gasteiger partial charge in [-0.15, -0.1) is 0 Å². The Morgan fingerprint density at radius 3 is 2.12 bits per heavy atom. The highest BCUT2D eigenvalue weighted by Crippen LogP contribution is 2.39. The number of hydrogen-bond acceptors (Lipinski definition) is 4. The minimum Gasteiger partial charge on any atom is -0.377 e. The molecule has 0 aromatic carbocycles. The molecule has 0 aromatic rings. The lowest BCUT2D eigenvalue weighted by Gasteiger charge is -2.35. The van der Waals surface area contributed by atoms with Crippen LogP contribution in [0.4, 0.5) is 0 Å². The van der Waals surface area contributed by atoms with Gasteiger partial charge in [0.25, 0.3) is 0 Å². The van der Waals surface area contributed by atoms with Gasteiger partial charge in [0.2, 0.25) is 0 Å². The van der Waals surface area contributed by atoms with E-state index in [0.717, 1.165) is 13.0 Å². The first-order valence-electron chi connectivity index (χ1n) is 5.97. The lowest BCUT2D eigenvalue weighted by Crippen LogP contribution is -2.50. The summed E-state index contributed by atoms with van der Waals surface area (Å²) in [6, 6.07) is 0. The van der Waals surface area contributed by atoms with Crippen LogP contribution in [0.1, 0.15) is 19.8 Å². The molecule has 0 aliphatic carbocycles. The Hall–Kier alpha value is 0.0569. The highest BCUT2D eigenvalue weighted by molar-refractivity contribution is 6.62. The van der Waals surface area contributed by atoms with Gasteiger partial charge in [-0.3, -0.25) is 0 Å². The van der Waals surface area contributed by atoms with E-state index in [1.807, 2.05) is 0 Å². The highest BCUT2D eigenvalue weighted by atomic mass is 28.4. The number of rotatable bonds is 6. The normalized spacial score (nSPS) is 24.9. The predicted molar refractivity (Wildman–Crippen MR) is 66.4 cm³/mol. The van der Waals surface area contributed by atoms with E-state index >= 15 is 0 Å². The average molecular weight is 247 g/mol. The molecule has 1 saturated heterocycles. The molecular formula is C11H25NO3Si. The van der Waals surface area contributed by atoms with Crippen LogP contribution in [-0.2, 0) is 13.3 Å². The van der Waals surface area contributed by atoms with E-state index in [9.17, 15) is 0 Å². The van der Waals surface area contributed by atoms with Crippen LogP contribution in [0.5, 0.6) is 0 Å². The smallest absolute Gasteiger partial charge is 0.377 e. The zero-order valence-electron chi connectivity index (χ0n) is 11.2. The zero-order chi connectivity index (χ0) is 12.2. The maximum absolute atomic E-state index is 5.61. The van der Waals surface area contributed by atoms with Gasteiger partial charge in [0.15, 0.2) is 0 Å². The van der Waals surface area contributed by atoms with E-state index in [1.54, 1.807) is 21.3 Å². The molecule has 4 nitrogen and oxygen atoms in total. The Labute approximate surface area is 100 Å². The van der Waals surface area contributed by atoms with Crippen LogP contribution in [0.25, 0.3) is 0 Å². The van der Waals surface area contributed by atoms with Crippen LogP contribution in [-0.4, -0.2) is 55.2 Å². The molecule has 16 heavy (non-hydrogen) atoms. The molecule has 0 bridgehead atoms. The fourth-order valence-electron chi connectivity index (χ4n) is 2.87. The molecule has 0 aromatic heterocycles. The van der Waals surface area contributed by atoms with Gasteiger partial charge in [-0.1, -0.05) is 6.92 Å². The number of nitrogens with zero attached hydrogens (tertiary/aromatic N) is 1. The Morgan fingerprint density at radius 1 is 1.25 bits per heavy atom. The summed E-state index contributed by atoms with van der Waals surface area (Å²) >= 11 is 0. The predicted octanol–water partition coefficient (Wildman–Crippen LogP) is 1.60. The zero-order valence-corrected chi connectivity index (χ0v) is 12.2. The molecule has 5 heteroatoms. The minimum absolute atomic E-state index is 0.414. The molecule has 1 aliphatic rings. The van der Waals surface area contributed by atoms with Crippen LogP contribution < -0.4 is 0 Å². The lowest BCUT2D eigenvalue weighted by molar-refractivity contribution is 0.101. The summed E-state index contributed by atoms with van der Waals surface area (Å²) in [7, 11) is 4.83. The van der Waals surface area contributed by atoms with Crippen LogP contribution in [0.3, 0.4) is 0 Å². The van der Waals surface area contributed by atoms with Gasteiger partial charge in [-0.25, -0.2) is 0 Å². The molecule has 0 spiro atoms. The Bertz CT molecular complexity index is 203. The second kappa shape index (κ2) is 6.12. The minimum atomic E-state index is -2.47. The molecule has 96 valence electrons.